The lowest BCUT2D eigenvalue weighted by molar-refractivity contribution is -0.136. The van der Waals surface area contributed by atoms with E-state index in [1.165, 1.54) is 43.1 Å². The number of hydrogen-bond acceptors (Lipinski definition) is 4. The van der Waals surface area contributed by atoms with Crippen LogP contribution in [0.1, 0.15) is 53.6 Å². The van der Waals surface area contributed by atoms with E-state index in [2.05, 4.69) is 60.2 Å². The van der Waals surface area contributed by atoms with Crippen LogP contribution in [0.15, 0.2) is 36.4 Å². The Morgan fingerprint density at radius 2 is 1.87 bits per heavy atom. The number of rotatable bonds is 4. The van der Waals surface area contributed by atoms with Crippen LogP contribution in [0.5, 0.6) is 0 Å². The first kappa shape index (κ1) is 24.9. The molecule has 5 heterocycles. The number of benzene rings is 1. The Morgan fingerprint density at radius 3 is 2.55 bits per heavy atom. The van der Waals surface area contributed by atoms with E-state index in [1.54, 1.807) is 23.3 Å². The van der Waals surface area contributed by atoms with Crippen LogP contribution < -0.4 is 0 Å². The van der Waals surface area contributed by atoms with Gasteiger partial charge in [0.25, 0.3) is 0 Å². The largest absolute Gasteiger partial charge is 0.354 e. The van der Waals surface area contributed by atoms with Crippen LogP contribution >= 0.6 is 11.3 Å². The number of aryl methyl sites for hydroxylation is 2. The number of pyridine rings is 1. The third-order valence-electron chi connectivity index (χ3n) is 7.95. The van der Waals surface area contributed by atoms with Crippen molar-refractivity contribution in [2.24, 2.45) is 5.92 Å². The first-order valence-electron chi connectivity index (χ1n) is 13.4. The SMILES string of the molecule is Cc1cc(-c2[nH]c3ccc(-c4cc5c(s4)CN(C(=O)C4CC(=O)N(C)C4)CC5)cc3c2C(C)C)cc(C)n1. The van der Waals surface area contributed by atoms with Crippen LogP contribution in [0.4, 0.5) is 0 Å². The van der Waals surface area contributed by atoms with Crippen molar-refractivity contribution in [1.82, 2.24) is 19.8 Å². The van der Waals surface area contributed by atoms with Gasteiger partial charge in [0.1, 0.15) is 0 Å². The van der Waals surface area contributed by atoms with Crippen LogP contribution in [-0.4, -0.2) is 51.7 Å². The van der Waals surface area contributed by atoms with E-state index in [1.807, 2.05) is 18.7 Å². The van der Waals surface area contributed by atoms with Crippen molar-refractivity contribution in [3.63, 3.8) is 0 Å². The second-order valence-corrected chi connectivity index (χ2v) is 12.3. The number of amides is 2. The van der Waals surface area contributed by atoms with Crippen LogP contribution in [-0.2, 0) is 22.6 Å². The molecule has 38 heavy (non-hydrogen) atoms. The summed E-state index contributed by atoms with van der Waals surface area (Å²) in [6.45, 7) is 10.5. The average molecular weight is 527 g/mol. The molecule has 1 saturated heterocycles. The van der Waals surface area contributed by atoms with E-state index in [9.17, 15) is 9.59 Å². The maximum atomic E-state index is 13.1. The van der Waals surface area contributed by atoms with Crippen molar-refractivity contribution in [1.29, 1.82) is 0 Å². The van der Waals surface area contributed by atoms with Crippen LogP contribution in [0.3, 0.4) is 0 Å². The Balaban J connectivity index is 1.32. The van der Waals surface area contributed by atoms with Crippen molar-refractivity contribution in [3.8, 4) is 21.7 Å². The van der Waals surface area contributed by atoms with Gasteiger partial charge in [-0.2, -0.15) is 0 Å². The van der Waals surface area contributed by atoms with Crippen molar-refractivity contribution in [2.45, 2.75) is 53.0 Å². The summed E-state index contributed by atoms with van der Waals surface area (Å²) in [6.07, 6.45) is 1.20. The van der Waals surface area contributed by atoms with E-state index >= 15 is 0 Å². The fourth-order valence-electron chi connectivity index (χ4n) is 6.11. The predicted octanol–water partition coefficient (Wildman–Crippen LogP) is 6.06. The summed E-state index contributed by atoms with van der Waals surface area (Å²) in [5, 5.41) is 1.26. The third-order valence-corrected chi connectivity index (χ3v) is 9.17. The van der Waals surface area contributed by atoms with E-state index in [-0.39, 0.29) is 17.7 Å². The van der Waals surface area contributed by atoms with Gasteiger partial charge in [0.15, 0.2) is 0 Å². The van der Waals surface area contributed by atoms with Crippen molar-refractivity contribution < 1.29 is 9.59 Å². The van der Waals surface area contributed by atoms with E-state index < -0.39 is 0 Å². The number of fused-ring (bicyclic) bond motifs is 2. The molecule has 1 fully saturated rings. The van der Waals surface area contributed by atoms with Gasteiger partial charge in [0, 0.05) is 64.2 Å². The van der Waals surface area contributed by atoms with E-state index in [0.717, 1.165) is 29.9 Å². The molecular formula is C31H34N4O2S. The lowest BCUT2D eigenvalue weighted by Crippen LogP contribution is -2.40. The number of hydrogen-bond donors (Lipinski definition) is 1. The summed E-state index contributed by atoms with van der Waals surface area (Å²) in [7, 11) is 1.78. The second kappa shape index (κ2) is 9.38. The molecule has 6 nitrogen and oxygen atoms in total. The van der Waals surface area contributed by atoms with Gasteiger partial charge < -0.3 is 14.8 Å². The smallest absolute Gasteiger partial charge is 0.228 e. The van der Waals surface area contributed by atoms with Gasteiger partial charge in [0.2, 0.25) is 11.8 Å². The molecule has 2 amide bonds. The Bertz CT molecular complexity index is 1560. The van der Waals surface area contributed by atoms with Gasteiger partial charge in [-0.1, -0.05) is 19.9 Å². The fourth-order valence-corrected chi connectivity index (χ4v) is 7.33. The number of aromatic amines is 1. The Kier molecular flexibility index (Phi) is 6.14. The molecule has 0 radical (unpaired) electrons. The molecule has 4 aromatic rings. The van der Waals surface area contributed by atoms with Crippen LogP contribution in [0.25, 0.3) is 32.6 Å². The topological polar surface area (TPSA) is 69.3 Å². The third kappa shape index (κ3) is 4.33. The van der Waals surface area contributed by atoms with Gasteiger partial charge in [-0.05, 0) is 73.2 Å². The summed E-state index contributed by atoms with van der Waals surface area (Å²) in [6, 6.07) is 13.4. The highest BCUT2D eigenvalue weighted by Crippen LogP contribution is 2.40. The fraction of sp³-hybridized carbons (Fsp3) is 0.387. The molecule has 6 rings (SSSR count). The maximum Gasteiger partial charge on any atom is 0.228 e. The molecular weight excluding hydrogens is 492 g/mol. The normalized spacial score (nSPS) is 17.6. The number of nitrogens with zero attached hydrogens (tertiary/aromatic N) is 3. The quantitative estimate of drug-likeness (QED) is 0.351. The monoisotopic (exact) mass is 526 g/mol. The van der Waals surface area contributed by atoms with Crippen molar-refractivity contribution in [3.05, 3.63) is 63.8 Å². The highest BCUT2D eigenvalue weighted by atomic mass is 32.1. The minimum Gasteiger partial charge on any atom is -0.354 e. The zero-order chi connectivity index (χ0) is 26.7. The van der Waals surface area contributed by atoms with Crippen LogP contribution in [0, 0.1) is 19.8 Å². The molecule has 0 aliphatic carbocycles. The Labute approximate surface area is 227 Å². The summed E-state index contributed by atoms with van der Waals surface area (Å²) in [4.78, 5) is 39.5. The standard InChI is InChI=1S/C31H34N4O2S/c1-17(2)29-24-12-20(6-7-25(24)33-30(29)22-10-18(3)32-19(4)11-22)26-13-21-8-9-35(16-27(21)38-26)31(37)23-14-28(36)34(5)15-23/h6-7,10-13,17,23,33H,8-9,14-16H2,1-5H3. The number of carbonyl (C=O) groups is 2. The highest BCUT2D eigenvalue weighted by molar-refractivity contribution is 7.15. The lowest BCUT2D eigenvalue weighted by Gasteiger charge is -2.29. The summed E-state index contributed by atoms with van der Waals surface area (Å²) >= 11 is 1.79. The molecule has 2 aliphatic heterocycles. The van der Waals surface area contributed by atoms with Gasteiger partial charge in [-0.15, -0.1) is 11.3 Å². The maximum absolute atomic E-state index is 13.1. The predicted molar refractivity (Wildman–Crippen MR) is 153 cm³/mol. The number of nitrogens with one attached hydrogen (secondary N) is 1. The number of likely N-dealkylation sites (tertiary alicyclic amines) is 1. The Morgan fingerprint density at radius 1 is 1.11 bits per heavy atom. The van der Waals surface area contributed by atoms with E-state index in [4.69, 9.17) is 0 Å². The number of aromatic nitrogens is 2. The molecule has 1 N–H and O–H groups in total. The van der Waals surface area contributed by atoms with E-state index in [0.29, 0.717) is 25.4 Å². The zero-order valence-corrected chi connectivity index (χ0v) is 23.5. The molecule has 0 saturated carbocycles. The molecule has 3 aromatic heterocycles. The molecule has 0 bridgehead atoms. The summed E-state index contributed by atoms with van der Waals surface area (Å²) < 4.78 is 0. The zero-order valence-electron chi connectivity index (χ0n) is 22.7. The molecule has 7 heteroatoms. The number of H-pyrrole nitrogens is 1. The van der Waals surface area contributed by atoms with Gasteiger partial charge >= 0.3 is 0 Å². The van der Waals surface area contributed by atoms with Gasteiger partial charge in [-0.3, -0.25) is 14.6 Å². The minimum atomic E-state index is -0.207. The highest BCUT2D eigenvalue weighted by Gasteiger charge is 2.36. The van der Waals surface area contributed by atoms with Gasteiger partial charge in [0.05, 0.1) is 18.2 Å². The summed E-state index contributed by atoms with van der Waals surface area (Å²) in [5.74, 6) is 0.340. The molecule has 196 valence electrons. The molecule has 1 aromatic carbocycles. The first-order chi connectivity index (χ1) is 18.2. The van der Waals surface area contributed by atoms with Crippen molar-refractivity contribution >= 4 is 34.1 Å². The average Bonchev–Trinajstić information content (AvgIpc) is 3.56. The lowest BCUT2D eigenvalue weighted by atomic mass is 9.95. The first-order valence-corrected chi connectivity index (χ1v) is 14.3. The van der Waals surface area contributed by atoms with Gasteiger partial charge in [-0.25, -0.2) is 0 Å². The molecule has 0 spiro atoms. The van der Waals surface area contributed by atoms with Crippen molar-refractivity contribution in [2.75, 3.05) is 20.1 Å². The number of carbonyl (C=O) groups excluding carboxylic acids is 2. The molecule has 2 aliphatic rings. The summed E-state index contributed by atoms with van der Waals surface area (Å²) in [5.41, 5.74) is 9.45. The Hall–Kier alpha value is -3.45. The molecule has 1 unspecified atom stereocenters. The molecule has 1 atom stereocenters. The second-order valence-electron chi connectivity index (χ2n) is 11.2. The van der Waals surface area contributed by atoms with Crippen LogP contribution in [0.2, 0.25) is 0 Å². The number of thiophene rings is 1. The minimum absolute atomic E-state index is 0.0673.